The third-order valence-electron chi connectivity index (χ3n) is 8.28. The van der Waals surface area contributed by atoms with Crippen molar-refractivity contribution in [3.05, 3.63) is 100 Å². The summed E-state index contributed by atoms with van der Waals surface area (Å²) in [5.41, 5.74) is 11.4. The number of hydrogen-bond donors (Lipinski definition) is 2. The first kappa shape index (κ1) is 23.9. The monoisotopic (exact) mass is 518 g/mol. The Kier molecular flexibility index (Phi) is 5.84. The molecule has 7 rings (SSSR count). The van der Waals surface area contributed by atoms with Gasteiger partial charge in [0.05, 0.1) is 29.9 Å². The zero-order valence-corrected chi connectivity index (χ0v) is 22.3. The molecule has 0 radical (unpaired) electrons. The molecule has 6 heteroatoms. The van der Waals surface area contributed by atoms with Gasteiger partial charge in [0, 0.05) is 41.0 Å². The minimum atomic E-state index is -0.214. The predicted octanol–water partition coefficient (Wildman–Crippen LogP) is 7.06. The van der Waals surface area contributed by atoms with Crippen LogP contribution in [0.3, 0.4) is 0 Å². The summed E-state index contributed by atoms with van der Waals surface area (Å²) in [5, 5.41) is 2.50. The van der Waals surface area contributed by atoms with Crippen LogP contribution in [-0.2, 0) is 12.8 Å². The molecular weight excluding hydrogens is 487 g/mol. The van der Waals surface area contributed by atoms with Crippen LogP contribution in [0, 0.1) is 12.7 Å². The normalized spacial score (nSPS) is 15.6. The van der Waals surface area contributed by atoms with E-state index in [-0.39, 0.29) is 11.7 Å². The molecule has 2 aliphatic rings. The van der Waals surface area contributed by atoms with E-state index in [1.54, 1.807) is 19.2 Å². The maximum absolute atomic E-state index is 14.5. The van der Waals surface area contributed by atoms with E-state index in [1.807, 2.05) is 18.2 Å². The number of halogens is 1. The molecule has 1 atom stereocenters. The highest BCUT2D eigenvalue weighted by molar-refractivity contribution is 6.09. The van der Waals surface area contributed by atoms with Gasteiger partial charge in [-0.15, -0.1) is 0 Å². The van der Waals surface area contributed by atoms with Crippen LogP contribution >= 0.6 is 0 Å². The molecule has 0 saturated heterocycles. The number of aromatic amines is 2. The van der Waals surface area contributed by atoms with Gasteiger partial charge >= 0.3 is 0 Å². The third kappa shape index (κ3) is 4.24. The van der Waals surface area contributed by atoms with Crippen molar-refractivity contribution in [1.29, 1.82) is 0 Å². The van der Waals surface area contributed by atoms with Crippen LogP contribution in [0.25, 0.3) is 21.8 Å². The Morgan fingerprint density at radius 1 is 0.821 bits per heavy atom. The number of aryl methyl sites for hydroxylation is 1. The van der Waals surface area contributed by atoms with Crippen LogP contribution in [0.1, 0.15) is 52.4 Å². The number of nitrogens with zero attached hydrogens (tertiary/aromatic N) is 2. The van der Waals surface area contributed by atoms with Crippen molar-refractivity contribution in [3.8, 4) is 5.75 Å². The lowest BCUT2D eigenvalue weighted by atomic mass is 9.85. The summed E-state index contributed by atoms with van der Waals surface area (Å²) in [5.74, 6) is 0.648. The summed E-state index contributed by atoms with van der Waals surface area (Å²) in [6.45, 7) is 3.64. The van der Waals surface area contributed by atoms with Crippen LogP contribution in [0.5, 0.6) is 5.75 Å². The molecule has 0 bridgehead atoms. The largest absolute Gasteiger partial charge is 0.497 e. The molecule has 2 N–H and O–H groups in total. The van der Waals surface area contributed by atoms with Gasteiger partial charge < -0.3 is 14.7 Å². The van der Waals surface area contributed by atoms with Gasteiger partial charge in [-0.2, -0.15) is 0 Å². The highest BCUT2D eigenvalue weighted by Gasteiger charge is 2.27. The zero-order valence-electron chi connectivity index (χ0n) is 22.3. The summed E-state index contributed by atoms with van der Waals surface area (Å²) in [6, 6.07) is 19.8. The predicted molar refractivity (Wildman–Crippen MR) is 156 cm³/mol. The molecule has 0 amide bonds. The second kappa shape index (κ2) is 9.53. The van der Waals surface area contributed by atoms with E-state index >= 15 is 0 Å². The molecule has 5 nitrogen and oxygen atoms in total. The second-order valence-electron chi connectivity index (χ2n) is 10.7. The standard InChI is InChI=1S/C33H31FN4O/c1-19-6-8-24-26-10-12-35-30(32(26)37-28(24)14-19)16-21(20-4-3-5-22(34)15-20)17-31-33-27(11-13-36-31)25-9-7-23(39-2)18-29(25)38-33/h3-9,14-15,18,21,37-38H,10-13,16-17H2,1-2H3. The lowest BCUT2D eigenvalue weighted by Gasteiger charge is -2.23. The highest BCUT2D eigenvalue weighted by Crippen LogP contribution is 2.35. The summed E-state index contributed by atoms with van der Waals surface area (Å²) >= 11 is 0. The van der Waals surface area contributed by atoms with Crippen LogP contribution in [-0.4, -0.2) is 41.6 Å². The fourth-order valence-corrected chi connectivity index (χ4v) is 6.37. The van der Waals surface area contributed by atoms with Crippen molar-refractivity contribution in [2.45, 2.75) is 38.5 Å². The van der Waals surface area contributed by atoms with Crippen LogP contribution in [0.4, 0.5) is 4.39 Å². The first-order chi connectivity index (χ1) is 19.1. The van der Waals surface area contributed by atoms with Crippen molar-refractivity contribution >= 4 is 33.2 Å². The number of methoxy groups -OCH3 is 1. The van der Waals surface area contributed by atoms with Gasteiger partial charge in [-0.25, -0.2) is 4.39 Å². The first-order valence-corrected chi connectivity index (χ1v) is 13.7. The Balaban J connectivity index is 1.27. The number of hydrogen-bond acceptors (Lipinski definition) is 3. The summed E-state index contributed by atoms with van der Waals surface area (Å²) in [4.78, 5) is 17.3. The minimum Gasteiger partial charge on any atom is -0.497 e. The molecule has 4 heterocycles. The molecule has 1 unspecified atom stereocenters. The van der Waals surface area contributed by atoms with Crippen molar-refractivity contribution in [2.75, 3.05) is 20.2 Å². The molecule has 2 aliphatic heterocycles. The van der Waals surface area contributed by atoms with E-state index in [1.165, 1.54) is 33.5 Å². The maximum Gasteiger partial charge on any atom is 0.123 e. The minimum absolute atomic E-state index is 0.0317. The topological polar surface area (TPSA) is 65.5 Å². The van der Waals surface area contributed by atoms with Gasteiger partial charge in [0.2, 0.25) is 0 Å². The SMILES string of the molecule is COc1ccc2c3c([nH]c2c1)C(CC(CC1=NCCc2c1[nH]c1cc(C)ccc21)c1cccc(F)c1)=NCC3. The van der Waals surface area contributed by atoms with E-state index in [4.69, 9.17) is 14.7 Å². The van der Waals surface area contributed by atoms with E-state index in [0.717, 1.165) is 71.1 Å². The van der Waals surface area contributed by atoms with Crippen molar-refractivity contribution < 1.29 is 9.13 Å². The van der Waals surface area contributed by atoms with Crippen LogP contribution in [0.2, 0.25) is 0 Å². The van der Waals surface area contributed by atoms with Gasteiger partial charge in [-0.1, -0.05) is 24.3 Å². The molecule has 3 aromatic carbocycles. The Bertz CT molecular complexity index is 1790. The quantitative estimate of drug-likeness (QED) is 0.248. The molecule has 0 fully saturated rings. The highest BCUT2D eigenvalue weighted by atomic mass is 19.1. The number of nitrogens with one attached hydrogen (secondary N) is 2. The van der Waals surface area contributed by atoms with Gasteiger partial charge in [-0.3, -0.25) is 9.98 Å². The smallest absolute Gasteiger partial charge is 0.123 e. The fraction of sp³-hybridized carbons (Fsp3) is 0.273. The Labute approximate surface area is 226 Å². The molecule has 2 aromatic heterocycles. The van der Waals surface area contributed by atoms with Gasteiger partial charge in [0.25, 0.3) is 0 Å². The summed E-state index contributed by atoms with van der Waals surface area (Å²) < 4.78 is 19.9. The number of H-pyrrole nitrogens is 2. The number of rotatable bonds is 6. The number of aliphatic imine (C=N–C) groups is 2. The van der Waals surface area contributed by atoms with Crippen molar-refractivity contribution in [1.82, 2.24) is 9.97 Å². The van der Waals surface area contributed by atoms with Crippen LogP contribution in [0.15, 0.2) is 70.6 Å². The van der Waals surface area contributed by atoms with E-state index in [9.17, 15) is 4.39 Å². The van der Waals surface area contributed by atoms with Crippen molar-refractivity contribution in [2.24, 2.45) is 9.98 Å². The average Bonchev–Trinajstić information content (AvgIpc) is 3.51. The van der Waals surface area contributed by atoms with Crippen molar-refractivity contribution in [3.63, 3.8) is 0 Å². The average molecular weight is 519 g/mol. The molecule has 5 aromatic rings. The number of fused-ring (bicyclic) bond motifs is 6. The second-order valence-corrected chi connectivity index (χ2v) is 10.7. The lowest BCUT2D eigenvalue weighted by molar-refractivity contribution is 0.415. The van der Waals surface area contributed by atoms with Gasteiger partial charge in [0.15, 0.2) is 0 Å². The van der Waals surface area contributed by atoms with E-state index < -0.39 is 0 Å². The van der Waals surface area contributed by atoms with E-state index in [0.29, 0.717) is 12.8 Å². The number of benzene rings is 3. The lowest BCUT2D eigenvalue weighted by Crippen LogP contribution is -2.20. The Morgan fingerprint density at radius 2 is 1.46 bits per heavy atom. The van der Waals surface area contributed by atoms with Gasteiger partial charge in [0.1, 0.15) is 11.6 Å². The van der Waals surface area contributed by atoms with E-state index in [2.05, 4.69) is 41.2 Å². The molecule has 39 heavy (non-hydrogen) atoms. The molecule has 196 valence electrons. The number of ether oxygens (including phenoxy) is 1. The Morgan fingerprint density at radius 3 is 2.10 bits per heavy atom. The number of aromatic nitrogens is 2. The summed E-state index contributed by atoms with van der Waals surface area (Å²) in [7, 11) is 1.69. The maximum atomic E-state index is 14.5. The Hall–Kier alpha value is -4.19. The summed E-state index contributed by atoms with van der Waals surface area (Å²) in [6.07, 6.45) is 3.25. The fourth-order valence-electron chi connectivity index (χ4n) is 6.37. The van der Waals surface area contributed by atoms with Crippen LogP contribution < -0.4 is 4.74 Å². The molecule has 0 aliphatic carbocycles. The molecule has 0 spiro atoms. The van der Waals surface area contributed by atoms with Gasteiger partial charge in [-0.05, 0) is 91.1 Å². The first-order valence-electron chi connectivity index (χ1n) is 13.7. The molecular formula is C33H31FN4O. The molecule has 0 saturated carbocycles. The zero-order chi connectivity index (χ0) is 26.5. The third-order valence-corrected chi connectivity index (χ3v) is 8.28.